The molecule has 0 saturated heterocycles. The van der Waals surface area contributed by atoms with Gasteiger partial charge in [-0.25, -0.2) is 0 Å². The number of aromatic hydroxyl groups is 6. The molecule has 8 nitrogen and oxygen atoms in total. The first-order chi connectivity index (χ1) is 25.2. The molecule has 0 unspecified atom stereocenters. The zero-order valence-electron chi connectivity index (χ0n) is 30.1. The molecule has 0 aliphatic heterocycles. The molecule has 0 heterocycles. The number of hydrogen-bond donors (Lipinski definition) is 6. The Morgan fingerprint density at radius 3 is 1.06 bits per heavy atom. The molecular formula is C43H41Ge2N2O6. The topological polar surface area (TPSA) is 128 Å². The van der Waals surface area contributed by atoms with E-state index in [4.69, 9.17) is 0 Å². The summed E-state index contributed by atoms with van der Waals surface area (Å²) in [6, 6.07) is 36.7. The number of phenolic OH excluding ortho intramolecular Hbond substituents is 6. The van der Waals surface area contributed by atoms with Crippen LogP contribution in [-0.2, 0) is 0 Å². The first kappa shape index (κ1) is 35.9. The fourth-order valence-corrected chi connectivity index (χ4v) is 11.2. The van der Waals surface area contributed by atoms with Gasteiger partial charge in [0.25, 0.3) is 0 Å². The Morgan fingerprint density at radius 1 is 0.434 bits per heavy atom. The van der Waals surface area contributed by atoms with E-state index in [0.29, 0.717) is 22.7 Å². The summed E-state index contributed by atoms with van der Waals surface area (Å²) in [7, 11) is 0. The van der Waals surface area contributed by atoms with Crippen LogP contribution in [0, 0.1) is 0 Å². The second kappa shape index (κ2) is 13.8. The van der Waals surface area contributed by atoms with Gasteiger partial charge in [-0.1, -0.05) is 0 Å². The summed E-state index contributed by atoms with van der Waals surface area (Å²) in [5.41, 5.74) is 2.86. The van der Waals surface area contributed by atoms with Gasteiger partial charge in [0, 0.05) is 0 Å². The van der Waals surface area contributed by atoms with Crippen molar-refractivity contribution in [1.82, 2.24) is 0 Å². The van der Waals surface area contributed by atoms with Gasteiger partial charge >= 0.3 is 317 Å². The number of nitrogens with zero attached hydrogens (tertiary/aromatic N) is 2. The Kier molecular flexibility index (Phi) is 9.38. The molecular weight excluding hydrogens is 786 g/mol. The first-order valence-corrected chi connectivity index (χ1v) is 29.9. The standard InChI is InChI=1S/C43H41Ge2N2O6/c1-44(2)26-14-18-28(19-15-26)46(42-36(50)22-30(48)23-37(42)51)40-32-10-6-8-12-34(32)41(35-13-9-7-11-33(35)40)47(43-38(52)24-31(49)25-39(43)53)29-20-16-27(17-21-29)45(3,4)5/h6-25,48-53H,1-5H3. The molecule has 0 aliphatic rings. The van der Waals surface area contributed by atoms with Gasteiger partial charge in [-0.2, -0.15) is 0 Å². The molecule has 0 bridgehead atoms. The zero-order valence-corrected chi connectivity index (χ0v) is 34.3. The Labute approximate surface area is 315 Å². The molecule has 0 amide bonds. The van der Waals surface area contributed by atoms with Crippen LogP contribution in [0.5, 0.6) is 34.5 Å². The van der Waals surface area contributed by atoms with Gasteiger partial charge in [0.2, 0.25) is 0 Å². The minimum absolute atomic E-state index is 0.0934. The molecule has 267 valence electrons. The van der Waals surface area contributed by atoms with Crippen molar-refractivity contribution in [2.75, 3.05) is 9.80 Å². The Bertz CT molecular complexity index is 2390. The van der Waals surface area contributed by atoms with Gasteiger partial charge in [0.15, 0.2) is 0 Å². The van der Waals surface area contributed by atoms with Crippen LogP contribution < -0.4 is 18.6 Å². The van der Waals surface area contributed by atoms with E-state index in [0.717, 1.165) is 21.5 Å². The van der Waals surface area contributed by atoms with Crippen LogP contribution in [0.2, 0.25) is 28.8 Å². The second-order valence-corrected chi connectivity index (χ2v) is 30.5. The van der Waals surface area contributed by atoms with Crippen LogP contribution >= 0.6 is 0 Å². The van der Waals surface area contributed by atoms with Gasteiger partial charge < -0.3 is 0 Å². The maximum absolute atomic E-state index is 11.4. The van der Waals surface area contributed by atoms with Gasteiger partial charge in [-0.15, -0.1) is 0 Å². The molecule has 0 atom stereocenters. The Hall–Kier alpha value is -5.45. The Morgan fingerprint density at radius 2 is 0.755 bits per heavy atom. The average molecular weight is 827 g/mol. The molecule has 7 rings (SSSR count). The van der Waals surface area contributed by atoms with Crippen molar-refractivity contribution in [3.8, 4) is 34.5 Å². The fraction of sp³-hybridized carbons (Fsp3) is 0.116. The predicted octanol–water partition coefficient (Wildman–Crippen LogP) is 9.67. The minimum atomic E-state index is -2.23. The van der Waals surface area contributed by atoms with E-state index in [1.54, 1.807) is 0 Å². The van der Waals surface area contributed by atoms with Gasteiger partial charge in [0.1, 0.15) is 0 Å². The summed E-state index contributed by atoms with van der Waals surface area (Å²) in [4.78, 5) is 3.64. The maximum atomic E-state index is 11.4. The predicted molar refractivity (Wildman–Crippen MR) is 221 cm³/mol. The summed E-state index contributed by atoms with van der Waals surface area (Å²) < 4.78 is 2.57. The number of rotatable bonds is 8. The molecule has 0 fully saturated rings. The van der Waals surface area contributed by atoms with Crippen molar-refractivity contribution in [2.45, 2.75) is 28.8 Å². The average Bonchev–Trinajstić information content (AvgIpc) is 3.10. The third-order valence-electron chi connectivity index (χ3n) is 9.57. The Balaban J connectivity index is 1.62. The normalized spacial score (nSPS) is 11.7. The fourth-order valence-electron chi connectivity index (χ4n) is 7.00. The second-order valence-electron chi connectivity index (χ2n) is 14.5. The van der Waals surface area contributed by atoms with Crippen LogP contribution in [0.3, 0.4) is 0 Å². The van der Waals surface area contributed by atoms with Crippen LogP contribution in [0.15, 0.2) is 121 Å². The van der Waals surface area contributed by atoms with E-state index in [1.807, 2.05) is 82.6 Å². The van der Waals surface area contributed by atoms with Crippen molar-refractivity contribution in [3.05, 3.63) is 121 Å². The third kappa shape index (κ3) is 6.57. The molecule has 0 aliphatic carbocycles. The molecule has 0 aromatic heterocycles. The van der Waals surface area contributed by atoms with E-state index in [2.05, 4.69) is 53.0 Å². The molecule has 7 aromatic carbocycles. The van der Waals surface area contributed by atoms with Crippen molar-refractivity contribution in [1.29, 1.82) is 0 Å². The first-order valence-electron chi connectivity index (χ1n) is 17.3. The van der Waals surface area contributed by atoms with E-state index in [9.17, 15) is 30.6 Å². The number of benzene rings is 7. The van der Waals surface area contributed by atoms with E-state index in [-0.39, 0.29) is 45.9 Å². The summed E-state index contributed by atoms with van der Waals surface area (Å²) in [6.07, 6.45) is 0. The number of phenols is 6. The van der Waals surface area contributed by atoms with Crippen LogP contribution in [0.4, 0.5) is 34.1 Å². The van der Waals surface area contributed by atoms with Crippen molar-refractivity contribution in [2.24, 2.45) is 0 Å². The summed E-state index contributed by atoms with van der Waals surface area (Å²) in [5, 5.41) is 69.4. The van der Waals surface area contributed by atoms with Crippen LogP contribution in [0.1, 0.15) is 0 Å². The molecule has 0 saturated carbocycles. The van der Waals surface area contributed by atoms with Gasteiger partial charge in [0.05, 0.1) is 0 Å². The molecule has 7 aromatic rings. The summed E-state index contributed by atoms with van der Waals surface area (Å²) >= 11 is -3.66. The van der Waals surface area contributed by atoms with Crippen molar-refractivity contribution < 1.29 is 30.6 Å². The number of hydrogen-bond acceptors (Lipinski definition) is 8. The molecule has 53 heavy (non-hydrogen) atoms. The van der Waals surface area contributed by atoms with Gasteiger partial charge in [-0.05, 0) is 0 Å². The third-order valence-corrected chi connectivity index (χ3v) is 17.0. The van der Waals surface area contributed by atoms with Gasteiger partial charge in [-0.3, -0.25) is 0 Å². The molecule has 1 radical (unpaired) electrons. The monoisotopic (exact) mass is 829 g/mol. The quantitative estimate of drug-likeness (QED) is 0.0508. The van der Waals surface area contributed by atoms with Crippen LogP contribution in [0.25, 0.3) is 21.5 Å². The zero-order chi connectivity index (χ0) is 37.8. The van der Waals surface area contributed by atoms with E-state index in [1.165, 1.54) is 33.1 Å². The summed E-state index contributed by atoms with van der Waals surface area (Å²) in [5.74, 6) is 9.70. The molecule has 10 heteroatoms. The summed E-state index contributed by atoms with van der Waals surface area (Å²) in [6.45, 7) is 0. The molecule has 6 N–H and O–H groups in total. The van der Waals surface area contributed by atoms with Crippen molar-refractivity contribution >= 4 is 92.1 Å². The van der Waals surface area contributed by atoms with Crippen molar-refractivity contribution in [3.63, 3.8) is 0 Å². The van der Waals surface area contributed by atoms with E-state index < -0.39 is 27.6 Å². The number of anilines is 6. The molecule has 0 spiro atoms. The SMILES string of the molecule is [CH3][Ge]([CH3])[c]1ccc(N(c2c(O)cc(O)cc2O)c2c3ccccc3c(N(c3cc[c]([Ge]([CH3])([CH3])[CH3])cc3)c3c(O)cc(O)cc3O)c3ccccc23)cc1. The van der Waals surface area contributed by atoms with E-state index >= 15 is 0 Å². The van der Waals surface area contributed by atoms with Crippen LogP contribution in [-0.4, -0.2) is 58.3 Å². The number of fused-ring (bicyclic) bond motifs is 2.